The molecule has 1 aromatic rings. The number of nitriles is 1. The summed E-state index contributed by atoms with van der Waals surface area (Å²) in [5.74, 6) is -1.18. The average molecular weight is 232 g/mol. The Morgan fingerprint density at radius 2 is 2.35 bits per heavy atom. The first-order valence-corrected chi connectivity index (χ1v) is 4.83. The Kier molecular flexibility index (Phi) is 2.66. The number of carbonyl (C=O) groups excluding carboxylic acids is 1. The van der Waals surface area contributed by atoms with Gasteiger partial charge in [0, 0.05) is 5.69 Å². The van der Waals surface area contributed by atoms with Gasteiger partial charge in [-0.25, -0.2) is 9.59 Å². The minimum atomic E-state index is -1.18. The molecule has 1 fully saturated rings. The number of nitrogens with zero attached hydrogens (tertiary/aromatic N) is 2. The lowest BCUT2D eigenvalue weighted by atomic mass is 10.2. The molecule has 1 N–H and O–H groups in total. The van der Waals surface area contributed by atoms with Gasteiger partial charge < -0.3 is 9.84 Å². The van der Waals surface area contributed by atoms with Crippen LogP contribution in [0.15, 0.2) is 24.3 Å². The maximum absolute atomic E-state index is 11.4. The number of hydrogen-bond donors (Lipinski definition) is 1. The Balaban J connectivity index is 2.26. The Labute approximate surface area is 96.6 Å². The van der Waals surface area contributed by atoms with Crippen molar-refractivity contribution in [2.24, 2.45) is 0 Å². The topological polar surface area (TPSA) is 90.6 Å². The van der Waals surface area contributed by atoms with Crippen molar-refractivity contribution in [2.45, 2.75) is 6.10 Å². The second-order valence-corrected chi connectivity index (χ2v) is 3.48. The lowest BCUT2D eigenvalue weighted by Gasteiger charge is -2.12. The minimum absolute atomic E-state index is 0.0525. The largest absolute Gasteiger partial charge is 0.478 e. The number of aliphatic carboxylic acids is 1. The van der Waals surface area contributed by atoms with E-state index in [4.69, 9.17) is 10.4 Å². The van der Waals surface area contributed by atoms with Crippen molar-refractivity contribution < 1.29 is 19.4 Å². The molecular weight excluding hydrogens is 224 g/mol. The number of rotatable bonds is 2. The van der Waals surface area contributed by atoms with Crippen LogP contribution in [0.2, 0.25) is 0 Å². The molecule has 1 aliphatic heterocycles. The van der Waals surface area contributed by atoms with Crippen LogP contribution >= 0.6 is 0 Å². The SMILES string of the molecule is N#Cc1cccc(N2C[C@@H](C(=O)O)OC2=O)c1. The van der Waals surface area contributed by atoms with Gasteiger partial charge in [0.25, 0.3) is 0 Å². The first-order valence-electron chi connectivity index (χ1n) is 4.83. The van der Waals surface area contributed by atoms with Gasteiger partial charge in [-0.2, -0.15) is 5.26 Å². The molecule has 6 heteroatoms. The number of amides is 1. The van der Waals surface area contributed by atoms with E-state index in [0.717, 1.165) is 0 Å². The fourth-order valence-corrected chi connectivity index (χ4v) is 1.55. The zero-order chi connectivity index (χ0) is 12.4. The van der Waals surface area contributed by atoms with Crippen LogP contribution in [0.25, 0.3) is 0 Å². The molecule has 1 amide bonds. The molecule has 6 nitrogen and oxygen atoms in total. The van der Waals surface area contributed by atoms with Crippen LogP contribution in [0.1, 0.15) is 5.56 Å². The molecule has 0 bridgehead atoms. The number of benzene rings is 1. The Bertz CT molecular complexity index is 520. The molecule has 0 aliphatic carbocycles. The van der Waals surface area contributed by atoms with E-state index in [1.807, 2.05) is 6.07 Å². The summed E-state index contributed by atoms with van der Waals surface area (Å²) in [6.07, 6.45) is -1.87. The standard InChI is InChI=1S/C11H8N2O4/c12-5-7-2-1-3-8(4-7)13-6-9(10(14)15)17-11(13)16/h1-4,9H,6H2,(H,14,15)/t9-/m0/s1. The molecular formula is C11H8N2O4. The fourth-order valence-electron chi connectivity index (χ4n) is 1.55. The summed E-state index contributed by atoms with van der Waals surface area (Å²) in [4.78, 5) is 23.3. The summed E-state index contributed by atoms with van der Waals surface area (Å²) in [5, 5.41) is 17.5. The van der Waals surface area contributed by atoms with E-state index < -0.39 is 18.2 Å². The maximum atomic E-state index is 11.4. The predicted octanol–water partition coefficient (Wildman–Crippen LogP) is 0.968. The molecule has 0 aromatic heterocycles. The highest BCUT2D eigenvalue weighted by Crippen LogP contribution is 2.22. The van der Waals surface area contributed by atoms with Gasteiger partial charge in [-0.05, 0) is 18.2 Å². The lowest BCUT2D eigenvalue weighted by molar-refractivity contribution is -0.144. The number of hydrogen-bond acceptors (Lipinski definition) is 4. The van der Waals surface area contributed by atoms with Crippen molar-refractivity contribution >= 4 is 17.7 Å². The number of anilines is 1. The van der Waals surface area contributed by atoms with Crippen molar-refractivity contribution in [3.05, 3.63) is 29.8 Å². The second-order valence-electron chi connectivity index (χ2n) is 3.48. The van der Waals surface area contributed by atoms with Crippen LogP contribution in [0.3, 0.4) is 0 Å². The van der Waals surface area contributed by atoms with E-state index in [0.29, 0.717) is 11.3 Å². The van der Waals surface area contributed by atoms with Gasteiger partial charge in [-0.1, -0.05) is 6.07 Å². The van der Waals surface area contributed by atoms with Gasteiger partial charge in [0.2, 0.25) is 6.10 Å². The van der Waals surface area contributed by atoms with E-state index in [2.05, 4.69) is 4.74 Å². The summed E-state index contributed by atoms with van der Waals surface area (Å²) < 4.78 is 4.67. The highest BCUT2D eigenvalue weighted by atomic mass is 16.6. The van der Waals surface area contributed by atoms with Crippen LogP contribution in [0.5, 0.6) is 0 Å². The van der Waals surface area contributed by atoms with Gasteiger partial charge in [-0.3, -0.25) is 4.90 Å². The van der Waals surface area contributed by atoms with Gasteiger partial charge in [0.05, 0.1) is 18.2 Å². The van der Waals surface area contributed by atoms with E-state index in [-0.39, 0.29) is 6.54 Å². The highest BCUT2D eigenvalue weighted by molar-refractivity contribution is 5.93. The van der Waals surface area contributed by atoms with Crippen molar-refractivity contribution in [1.29, 1.82) is 5.26 Å². The fraction of sp³-hybridized carbons (Fsp3) is 0.182. The number of ether oxygens (including phenoxy) is 1. The zero-order valence-corrected chi connectivity index (χ0v) is 8.66. The summed E-state index contributed by atoms with van der Waals surface area (Å²) >= 11 is 0. The predicted molar refractivity (Wildman–Crippen MR) is 56.4 cm³/mol. The first-order chi connectivity index (χ1) is 8.11. The van der Waals surface area contributed by atoms with E-state index in [9.17, 15) is 9.59 Å². The Hall–Kier alpha value is -2.55. The van der Waals surface area contributed by atoms with Crippen LogP contribution in [0, 0.1) is 11.3 Å². The molecule has 0 radical (unpaired) electrons. The quantitative estimate of drug-likeness (QED) is 0.820. The summed E-state index contributed by atoms with van der Waals surface area (Å²) in [6, 6.07) is 8.28. The molecule has 1 aromatic carbocycles. The molecule has 86 valence electrons. The van der Waals surface area contributed by atoms with Crippen LogP contribution in [0.4, 0.5) is 10.5 Å². The number of cyclic esters (lactones) is 1. The third-order valence-corrected chi connectivity index (χ3v) is 2.37. The number of carboxylic acid groups (broad SMARTS) is 1. The number of carbonyl (C=O) groups is 2. The van der Waals surface area contributed by atoms with Crippen molar-refractivity contribution in [3.63, 3.8) is 0 Å². The third kappa shape index (κ3) is 2.03. The minimum Gasteiger partial charge on any atom is -0.478 e. The smallest absolute Gasteiger partial charge is 0.415 e. The Morgan fingerprint density at radius 3 is 2.94 bits per heavy atom. The molecule has 0 saturated carbocycles. The molecule has 1 atom stereocenters. The van der Waals surface area contributed by atoms with E-state index in [1.165, 1.54) is 11.0 Å². The van der Waals surface area contributed by atoms with Crippen LogP contribution < -0.4 is 4.90 Å². The molecule has 2 rings (SSSR count). The molecule has 1 saturated heterocycles. The molecule has 0 spiro atoms. The monoisotopic (exact) mass is 232 g/mol. The third-order valence-electron chi connectivity index (χ3n) is 2.37. The highest BCUT2D eigenvalue weighted by Gasteiger charge is 2.36. The molecule has 17 heavy (non-hydrogen) atoms. The molecule has 1 heterocycles. The van der Waals surface area contributed by atoms with Crippen molar-refractivity contribution in [3.8, 4) is 6.07 Å². The van der Waals surface area contributed by atoms with Crippen LogP contribution in [-0.4, -0.2) is 29.8 Å². The molecule has 1 aliphatic rings. The van der Waals surface area contributed by atoms with Gasteiger partial charge >= 0.3 is 12.1 Å². The van der Waals surface area contributed by atoms with Crippen LogP contribution in [-0.2, 0) is 9.53 Å². The normalized spacial score (nSPS) is 18.6. The first kappa shape index (κ1) is 11.0. The van der Waals surface area contributed by atoms with E-state index >= 15 is 0 Å². The number of carboxylic acids is 1. The summed E-state index contributed by atoms with van der Waals surface area (Å²) in [5.41, 5.74) is 0.854. The van der Waals surface area contributed by atoms with Gasteiger partial charge in [0.1, 0.15) is 0 Å². The van der Waals surface area contributed by atoms with Crippen molar-refractivity contribution in [1.82, 2.24) is 0 Å². The zero-order valence-electron chi connectivity index (χ0n) is 8.66. The summed E-state index contributed by atoms with van der Waals surface area (Å²) in [7, 11) is 0. The average Bonchev–Trinajstić information content (AvgIpc) is 2.72. The maximum Gasteiger partial charge on any atom is 0.415 e. The molecule has 0 unspecified atom stereocenters. The van der Waals surface area contributed by atoms with E-state index in [1.54, 1.807) is 18.2 Å². The van der Waals surface area contributed by atoms with Crippen molar-refractivity contribution in [2.75, 3.05) is 11.4 Å². The lowest BCUT2D eigenvalue weighted by Crippen LogP contribution is -2.27. The van der Waals surface area contributed by atoms with Gasteiger partial charge in [0.15, 0.2) is 0 Å². The van der Waals surface area contributed by atoms with Gasteiger partial charge in [-0.15, -0.1) is 0 Å². The second kappa shape index (κ2) is 4.14. The Morgan fingerprint density at radius 1 is 1.59 bits per heavy atom. The summed E-state index contributed by atoms with van der Waals surface area (Å²) in [6.45, 7) is -0.0525.